The average molecular weight is 289 g/mol. The zero-order valence-electron chi connectivity index (χ0n) is 12.1. The lowest BCUT2D eigenvalue weighted by Gasteiger charge is -2.22. The summed E-state index contributed by atoms with van der Waals surface area (Å²) >= 11 is 0. The van der Waals surface area contributed by atoms with E-state index in [-0.39, 0.29) is 6.54 Å². The molecule has 0 amide bonds. The number of anilines is 1. The van der Waals surface area contributed by atoms with Gasteiger partial charge in [0.2, 0.25) is 0 Å². The molecule has 2 nitrogen and oxygen atoms in total. The molecule has 2 aromatic rings. The maximum atomic E-state index is 13.6. The Kier molecular flexibility index (Phi) is 4.68. The smallest absolute Gasteiger partial charge is 0.187 e. The van der Waals surface area contributed by atoms with Crippen molar-refractivity contribution in [3.05, 3.63) is 65.2 Å². The van der Waals surface area contributed by atoms with Crippen molar-refractivity contribution >= 4 is 11.5 Å². The highest BCUT2D eigenvalue weighted by Crippen LogP contribution is 2.18. The number of benzene rings is 2. The summed E-state index contributed by atoms with van der Waals surface area (Å²) < 4.78 is 27.3. The molecule has 21 heavy (non-hydrogen) atoms. The molecule has 4 heteroatoms. The molecule has 0 fully saturated rings. The fraction of sp³-hybridized carbons (Fsp3) is 0.235. The minimum Gasteiger partial charge on any atom is -0.364 e. The Balaban J connectivity index is 2.22. The summed E-state index contributed by atoms with van der Waals surface area (Å²) in [6.45, 7) is 4.38. The topological polar surface area (TPSA) is 20.3 Å². The van der Waals surface area contributed by atoms with E-state index in [4.69, 9.17) is 0 Å². The molecule has 2 aromatic carbocycles. The Labute approximate surface area is 123 Å². The SMILES string of the molecule is CCN(CC(=O)c1c(F)cccc1F)c1ccc(C)cc1. The highest BCUT2D eigenvalue weighted by atomic mass is 19.1. The number of halogens is 2. The summed E-state index contributed by atoms with van der Waals surface area (Å²) in [5.41, 5.74) is 1.50. The van der Waals surface area contributed by atoms with Crippen molar-refractivity contribution in [1.82, 2.24) is 0 Å². The van der Waals surface area contributed by atoms with E-state index in [1.165, 1.54) is 6.07 Å². The molecule has 0 unspecified atom stereocenters. The van der Waals surface area contributed by atoms with Gasteiger partial charge >= 0.3 is 0 Å². The number of hydrogen-bond acceptors (Lipinski definition) is 2. The Morgan fingerprint density at radius 2 is 1.62 bits per heavy atom. The molecule has 0 heterocycles. The Morgan fingerprint density at radius 3 is 2.14 bits per heavy atom. The van der Waals surface area contributed by atoms with Crippen molar-refractivity contribution in [2.45, 2.75) is 13.8 Å². The Morgan fingerprint density at radius 1 is 1.05 bits per heavy atom. The van der Waals surface area contributed by atoms with Gasteiger partial charge in [-0.2, -0.15) is 0 Å². The van der Waals surface area contributed by atoms with E-state index in [0.717, 1.165) is 23.4 Å². The number of hydrogen-bond donors (Lipinski definition) is 0. The summed E-state index contributed by atoms with van der Waals surface area (Å²) in [6, 6.07) is 11.1. The molecule has 0 N–H and O–H groups in total. The number of ketones is 1. The molecule has 0 saturated carbocycles. The molecule has 0 saturated heterocycles. The van der Waals surface area contributed by atoms with Gasteiger partial charge in [-0.3, -0.25) is 4.79 Å². The largest absolute Gasteiger partial charge is 0.364 e. The fourth-order valence-electron chi connectivity index (χ4n) is 2.16. The van der Waals surface area contributed by atoms with Gasteiger partial charge in [0, 0.05) is 12.2 Å². The lowest BCUT2D eigenvalue weighted by molar-refractivity contribution is 0.0991. The van der Waals surface area contributed by atoms with Crippen LogP contribution in [0.4, 0.5) is 14.5 Å². The first-order chi connectivity index (χ1) is 10.0. The fourth-order valence-corrected chi connectivity index (χ4v) is 2.16. The van der Waals surface area contributed by atoms with Gasteiger partial charge < -0.3 is 4.90 Å². The third kappa shape index (κ3) is 3.45. The second-order valence-electron chi connectivity index (χ2n) is 4.87. The van der Waals surface area contributed by atoms with Crippen LogP contribution in [0.2, 0.25) is 0 Å². The van der Waals surface area contributed by atoms with Crippen molar-refractivity contribution in [1.29, 1.82) is 0 Å². The maximum absolute atomic E-state index is 13.6. The molecule has 0 radical (unpaired) electrons. The number of aryl methyl sites for hydroxylation is 1. The van der Waals surface area contributed by atoms with E-state index >= 15 is 0 Å². The second-order valence-corrected chi connectivity index (χ2v) is 4.87. The summed E-state index contributed by atoms with van der Waals surface area (Å²) in [6.07, 6.45) is 0. The van der Waals surface area contributed by atoms with Crippen LogP contribution in [-0.4, -0.2) is 18.9 Å². The number of carbonyl (C=O) groups excluding carboxylic acids is 1. The first-order valence-electron chi connectivity index (χ1n) is 6.81. The minimum atomic E-state index is -0.819. The van der Waals surface area contributed by atoms with Crippen LogP contribution in [0.3, 0.4) is 0 Å². The van der Waals surface area contributed by atoms with E-state index in [0.29, 0.717) is 6.54 Å². The van der Waals surface area contributed by atoms with Gasteiger partial charge in [0.05, 0.1) is 12.1 Å². The molecule has 0 aliphatic heterocycles. The van der Waals surface area contributed by atoms with Crippen LogP contribution in [0.15, 0.2) is 42.5 Å². The van der Waals surface area contributed by atoms with Gasteiger partial charge in [0.25, 0.3) is 0 Å². The van der Waals surface area contributed by atoms with Gasteiger partial charge in [-0.1, -0.05) is 23.8 Å². The van der Waals surface area contributed by atoms with E-state index in [1.807, 2.05) is 38.1 Å². The van der Waals surface area contributed by atoms with Crippen molar-refractivity contribution in [2.24, 2.45) is 0 Å². The predicted molar refractivity (Wildman–Crippen MR) is 79.8 cm³/mol. The van der Waals surface area contributed by atoms with Crippen molar-refractivity contribution in [3.63, 3.8) is 0 Å². The van der Waals surface area contributed by atoms with Gasteiger partial charge in [0.15, 0.2) is 5.78 Å². The Hall–Kier alpha value is -2.23. The number of likely N-dealkylation sites (N-methyl/N-ethyl adjacent to an activating group) is 1. The van der Waals surface area contributed by atoms with Gasteiger partial charge in [0.1, 0.15) is 11.6 Å². The van der Waals surface area contributed by atoms with E-state index in [2.05, 4.69) is 0 Å². The zero-order valence-corrected chi connectivity index (χ0v) is 12.1. The molecule has 0 aliphatic rings. The predicted octanol–water partition coefficient (Wildman–Crippen LogP) is 3.98. The monoisotopic (exact) mass is 289 g/mol. The van der Waals surface area contributed by atoms with Crippen LogP contribution >= 0.6 is 0 Å². The molecule has 110 valence electrons. The standard InChI is InChI=1S/C17H17F2NO/c1-3-20(13-9-7-12(2)8-10-13)11-16(21)17-14(18)5-4-6-15(17)19/h4-10H,3,11H2,1-2H3. The van der Waals surface area contributed by atoms with Crippen LogP contribution in [0, 0.1) is 18.6 Å². The molecule has 0 atom stereocenters. The van der Waals surface area contributed by atoms with Crippen molar-refractivity contribution < 1.29 is 13.6 Å². The molecule has 0 aromatic heterocycles. The highest BCUT2D eigenvalue weighted by molar-refractivity contribution is 5.99. The molecule has 0 aliphatic carbocycles. The zero-order chi connectivity index (χ0) is 15.4. The lowest BCUT2D eigenvalue weighted by atomic mass is 10.1. The summed E-state index contributed by atoms with van der Waals surface area (Å²) in [5, 5.41) is 0. The average Bonchev–Trinajstić information content (AvgIpc) is 2.45. The number of nitrogens with zero attached hydrogens (tertiary/aromatic N) is 1. The van der Waals surface area contributed by atoms with Crippen LogP contribution < -0.4 is 4.90 Å². The number of Topliss-reactive ketones (excluding diaryl/α,β-unsaturated/α-hetero) is 1. The molecular formula is C17H17F2NO. The van der Waals surface area contributed by atoms with Gasteiger partial charge in [-0.15, -0.1) is 0 Å². The summed E-state index contributed by atoms with van der Waals surface area (Å²) in [7, 11) is 0. The van der Waals surface area contributed by atoms with Crippen LogP contribution in [-0.2, 0) is 0 Å². The van der Waals surface area contributed by atoms with Crippen LogP contribution in [0.1, 0.15) is 22.8 Å². The molecule has 0 spiro atoms. The van der Waals surface area contributed by atoms with E-state index < -0.39 is 23.0 Å². The molecule has 2 rings (SSSR count). The molecular weight excluding hydrogens is 272 g/mol. The van der Waals surface area contributed by atoms with Gasteiger partial charge in [-0.05, 0) is 38.1 Å². The van der Waals surface area contributed by atoms with Crippen LogP contribution in [0.25, 0.3) is 0 Å². The first kappa shape index (κ1) is 15.2. The van der Waals surface area contributed by atoms with Crippen molar-refractivity contribution in [2.75, 3.05) is 18.0 Å². The first-order valence-corrected chi connectivity index (χ1v) is 6.81. The van der Waals surface area contributed by atoms with E-state index in [1.54, 1.807) is 4.90 Å². The van der Waals surface area contributed by atoms with Crippen molar-refractivity contribution in [3.8, 4) is 0 Å². The lowest BCUT2D eigenvalue weighted by Crippen LogP contribution is -2.30. The maximum Gasteiger partial charge on any atom is 0.187 e. The number of rotatable bonds is 5. The van der Waals surface area contributed by atoms with Gasteiger partial charge in [-0.25, -0.2) is 8.78 Å². The third-order valence-electron chi connectivity index (χ3n) is 3.36. The number of carbonyl (C=O) groups is 1. The minimum absolute atomic E-state index is 0.0581. The normalized spacial score (nSPS) is 10.5. The summed E-state index contributed by atoms with van der Waals surface area (Å²) in [5.74, 6) is -2.20. The summed E-state index contributed by atoms with van der Waals surface area (Å²) in [4.78, 5) is 14.0. The van der Waals surface area contributed by atoms with E-state index in [9.17, 15) is 13.6 Å². The quantitative estimate of drug-likeness (QED) is 0.776. The molecule has 0 bridgehead atoms. The highest BCUT2D eigenvalue weighted by Gasteiger charge is 2.19. The Bertz CT molecular complexity index is 617. The third-order valence-corrected chi connectivity index (χ3v) is 3.36. The second kappa shape index (κ2) is 6.48. The van der Waals surface area contributed by atoms with Crippen LogP contribution in [0.5, 0.6) is 0 Å².